The molecule has 0 spiro atoms. The van der Waals surface area contributed by atoms with Crippen molar-refractivity contribution in [3.8, 4) is 0 Å². The van der Waals surface area contributed by atoms with Crippen LogP contribution in [0.4, 0.5) is 13.2 Å². The highest BCUT2D eigenvalue weighted by Gasteiger charge is 2.30. The first-order chi connectivity index (χ1) is 9.65. The first-order valence-electron chi connectivity index (χ1n) is 6.21. The van der Waals surface area contributed by atoms with E-state index in [0.29, 0.717) is 17.1 Å². The fourth-order valence-corrected chi connectivity index (χ4v) is 2.76. The van der Waals surface area contributed by atoms with E-state index in [1.807, 2.05) is 6.92 Å². The van der Waals surface area contributed by atoms with E-state index in [9.17, 15) is 21.6 Å². The summed E-state index contributed by atoms with van der Waals surface area (Å²) in [7, 11) is -4.22. The number of nitrogens with one attached hydrogen (secondary N) is 2. The summed E-state index contributed by atoms with van der Waals surface area (Å²) in [6.45, 7) is 1.42. The van der Waals surface area contributed by atoms with Gasteiger partial charge in [0.15, 0.2) is 0 Å². The molecule has 0 heterocycles. The molecular formula is C12H16ClF3N2O2S. The van der Waals surface area contributed by atoms with Gasteiger partial charge < -0.3 is 5.32 Å². The largest absolute Gasteiger partial charge is 0.402 e. The molecule has 0 radical (unpaired) electrons. The van der Waals surface area contributed by atoms with Crippen molar-refractivity contribution in [2.75, 3.05) is 13.1 Å². The van der Waals surface area contributed by atoms with Gasteiger partial charge in [-0.2, -0.15) is 13.2 Å². The van der Waals surface area contributed by atoms with Crippen molar-refractivity contribution in [2.45, 2.75) is 31.0 Å². The molecule has 0 saturated heterocycles. The minimum Gasteiger partial charge on any atom is -0.313 e. The number of hydrogen-bond acceptors (Lipinski definition) is 3. The summed E-state index contributed by atoms with van der Waals surface area (Å²) < 4.78 is 61.4. The lowest BCUT2D eigenvalue weighted by Gasteiger charge is -2.11. The Morgan fingerprint density at radius 3 is 2.52 bits per heavy atom. The van der Waals surface area contributed by atoms with E-state index in [1.54, 1.807) is 0 Å². The van der Waals surface area contributed by atoms with Gasteiger partial charge in [0.05, 0.1) is 4.90 Å². The number of hydrogen-bond donors (Lipinski definition) is 2. The molecule has 1 rings (SSSR count). The summed E-state index contributed by atoms with van der Waals surface area (Å²) in [6.07, 6.45) is -3.71. The summed E-state index contributed by atoms with van der Waals surface area (Å²) >= 11 is 5.94. The standard InChI is InChI=1S/C12H16ClF3N2O2S/c1-2-5-17-7-9-6-10(3-4-11(9)13)21(19,20)18-8-12(14,15)16/h3-4,6,17-18H,2,5,7-8H2,1H3. The summed E-state index contributed by atoms with van der Waals surface area (Å²) in [5.74, 6) is 0. The second-order valence-electron chi connectivity index (χ2n) is 4.37. The van der Waals surface area contributed by atoms with Crippen LogP contribution in [0.25, 0.3) is 0 Å². The van der Waals surface area contributed by atoms with Crippen LogP contribution in [0, 0.1) is 0 Å². The molecule has 0 aliphatic carbocycles. The van der Waals surface area contributed by atoms with E-state index >= 15 is 0 Å². The zero-order valence-electron chi connectivity index (χ0n) is 11.3. The van der Waals surface area contributed by atoms with E-state index in [-0.39, 0.29) is 4.90 Å². The molecule has 4 nitrogen and oxygen atoms in total. The third-order valence-corrected chi connectivity index (χ3v) is 4.30. The van der Waals surface area contributed by atoms with Gasteiger partial charge in [-0.3, -0.25) is 0 Å². The summed E-state index contributed by atoms with van der Waals surface area (Å²) in [5, 5.41) is 3.40. The Bertz CT molecular complexity index is 576. The van der Waals surface area contributed by atoms with Crippen LogP contribution in [0.2, 0.25) is 5.02 Å². The van der Waals surface area contributed by atoms with E-state index < -0.39 is 22.7 Å². The molecule has 9 heteroatoms. The molecule has 0 unspecified atom stereocenters. The molecular weight excluding hydrogens is 329 g/mol. The van der Waals surface area contributed by atoms with Crippen molar-refractivity contribution in [3.63, 3.8) is 0 Å². The molecule has 0 bridgehead atoms. The molecule has 1 aromatic carbocycles. The van der Waals surface area contributed by atoms with Crippen LogP contribution < -0.4 is 10.0 Å². The van der Waals surface area contributed by atoms with Crippen molar-refractivity contribution in [3.05, 3.63) is 28.8 Å². The van der Waals surface area contributed by atoms with Gasteiger partial charge in [-0.05, 0) is 36.7 Å². The Hall–Kier alpha value is -0.830. The molecule has 120 valence electrons. The Labute approximate surface area is 126 Å². The van der Waals surface area contributed by atoms with Crippen LogP contribution in [-0.2, 0) is 16.6 Å². The van der Waals surface area contributed by atoms with Crippen molar-refractivity contribution >= 4 is 21.6 Å². The van der Waals surface area contributed by atoms with Gasteiger partial charge in [0.1, 0.15) is 6.54 Å². The Morgan fingerprint density at radius 1 is 1.29 bits per heavy atom. The highest BCUT2D eigenvalue weighted by molar-refractivity contribution is 7.89. The molecule has 0 aliphatic heterocycles. The maximum Gasteiger partial charge on any atom is 0.402 e. The third kappa shape index (κ3) is 6.21. The van der Waals surface area contributed by atoms with Gasteiger partial charge in [0.2, 0.25) is 10.0 Å². The van der Waals surface area contributed by atoms with E-state index in [0.717, 1.165) is 13.0 Å². The van der Waals surface area contributed by atoms with Gasteiger partial charge in [0.25, 0.3) is 0 Å². The van der Waals surface area contributed by atoms with Crippen molar-refractivity contribution in [2.24, 2.45) is 0 Å². The van der Waals surface area contributed by atoms with Crippen LogP contribution >= 0.6 is 11.6 Å². The van der Waals surface area contributed by atoms with Crippen molar-refractivity contribution < 1.29 is 21.6 Å². The minimum absolute atomic E-state index is 0.246. The molecule has 0 aliphatic rings. The number of alkyl halides is 3. The molecule has 0 saturated carbocycles. The average molecular weight is 345 g/mol. The normalized spacial score (nSPS) is 12.6. The molecule has 2 N–H and O–H groups in total. The molecule has 0 fully saturated rings. The predicted molar refractivity (Wildman–Crippen MR) is 74.7 cm³/mol. The van der Waals surface area contributed by atoms with Crippen LogP contribution in [0.3, 0.4) is 0 Å². The smallest absolute Gasteiger partial charge is 0.313 e. The van der Waals surface area contributed by atoms with Gasteiger partial charge >= 0.3 is 6.18 Å². The number of rotatable bonds is 7. The lowest BCUT2D eigenvalue weighted by molar-refractivity contribution is -0.121. The third-order valence-electron chi connectivity index (χ3n) is 2.53. The lowest BCUT2D eigenvalue weighted by atomic mass is 10.2. The summed E-state index contributed by atoms with van der Waals surface area (Å²) in [4.78, 5) is -0.246. The topological polar surface area (TPSA) is 58.2 Å². The second-order valence-corrected chi connectivity index (χ2v) is 6.54. The molecule has 1 aromatic rings. The summed E-state index contributed by atoms with van der Waals surface area (Å²) in [5.41, 5.74) is 0.514. The van der Waals surface area contributed by atoms with Crippen LogP contribution in [-0.4, -0.2) is 27.7 Å². The summed E-state index contributed by atoms with van der Waals surface area (Å²) in [6, 6.07) is 3.79. The maximum atomic E-state index is 12.1. The zero-order chi connectivity index (χ0) is 16.1. The van der Waals surface area contributed by atoms with Crippen molar-refractivity contribution in [1.29, 1.82) is 0 Å². The van der Waals surface area contributed by atoms with Crippen LogP contribution in [0.1, 0.15) is 18.9 Å². The van der Waals surface area contributed by atoms with Crippen LogP contribution in [0.5, 0.6) is 0 Å². The van der Waals surface area contributed by atoms with Crippen molar-refractivity contribution in [1.82, 2.24) is 10.0 Å². The zero-order valence-corrected chi connectivity index (χ0v) is 12.9. The lowest BCUT2D eigenvalue weighted by Crippen LogP contribution is -2.33. The number of benzene rings is 1. The van der Waals surface area contributed by atoms with E-state index in [4.69, 9.17) is 11.6 Å². The predicted octanol–water partition coefficient (Wildman–Crippen LogP) is 2.68. The number of halogens is 4. The fraction of sp³-hybridized carbons (Fsp3) is 0.500. The minimum atomic E-state index is -4.61. The van der Waals surface area contributed by atoms with Gasteiger partial charge in [-0.1, -0.05) is 18.5 Å². The van der Waals surface area contributed by atoms with Gasteiger partial charge in [-0.25, -0.2) is 13.1 Å². The first-order valence-corrected chi connectivity index (χ1v) is 8.07. The fourth-order valence-electron chi connectivity index (χ4n) is 1.51. The molecule has 21 heavy (non-hydrogen) atoms. The molecule has 0 atom stereocenters. The molecule has 0 amide bonds. The monoisotopic (exact) mass is 344 g/mol. The van der Waals surface area contributed by atoms with Gasteiger partial charge in [-0.15, -0.1) is 0 Å². The van der Waals surface area contributed by atoms with Gasteiger partial charge in [0, 0.05) is 11.6 Å². The van der Waals surface area contributed by atoms with Crippen LogP contribution in [0.15, 0.2) is 23.1 Å². The maximum absolute atomic E-state index is 12.1. The highest BCUT2D eigenvalue weighted by atomic mass is 35.5. The SMILES string of the molecule is CCCNCc1cc(S(=O)(=O)NCC(F)(F)F)ccc1Cl. The Kier molecular flexibility index (Phi) is 6.45. The Balaban J connectivity index is 2.89. The highest BCUT2D eigenvalue weighted by Crippen LogP contribution is 2.21. The number of sulfonamides is 1. The van der Waals surface area contributed by atoms with E-state index in [1.165, 1.54) is 22.9 Å². The average Bonchev–Trinajstić information content (AvgIpc) is 2.38. The molecule has 0 aromatic heterocycles. The first kappa shape index (κ1) is 18.2. The quantitative estimate of drug-likeness (QED) is 0.748. The Morgan fingerprint density at radius 2 is 1.95 bits per heavy atom. The second kappa shape index (κ2) is 7.44. The van der Waals surface area contributed by atoms with E-state index in [2.05, 4.69) is 5.32 Å².